The molecule has 6 nitrogen and oxygen atoms in total. The third-order valence-electron chi connectivity index (χ3n) is 16.4. The topological polar surface area (TPSA) is 78.9 Å². The predicted molar refractivity (Wildman–Crippen MR) is 353 cm³/mol. The maximum Gasteiger partial charge on any atom is 0.306 e. The molecule has 0 aromatic rings. The monoisotopic (exact) mass is 1140 g/mol. The average Bonchev–Trinajstić information content (AvgIpc) is 3.46. The van der Waals surface area contributed by atoms with Gasteiger partial charge >= 0.3 is 17.9 Å². The van der Waals surface area contributed by atoms with Crippen LogP contribution in [0.1, 0.15) is 393 Å². The molecule has 0 rings (SSSR count). The van der Waals surface area contributed by atoms with Crippen LogP contribution in [0.15, 0.2) is 48.6 Å². The van der Waals surface area contributed by atoms with Gasteiger partial charge in [0.15, 0.2) is 6.10 Å². The SMILES string of the molecule is CC/C=C\C/C=C\C/C=C\C/C=C\CCC(=O)OCC(COC(=O)CCCCCCCCCCCCCCCCCCCCCCCCCCCCCCCC)OC(=O)CCCCCCCCCCCCCCCCCCCCCC. The Morgan fingerprint density at radius 3 is 0.753 bits per heavy atom. The van der Waals surface area contributed by atoms with Crippen molar-refractivity contribution in [2.75, 3.05) is 13.2 Å². The van der Waals surface area contributed by atoms with Crippen LogP contribution in [0.3, 0.4) is 0 Å². The Balaban J connectivity index is 4.18. The first-order valence-corrected chi connectivity index (χ1v) is 36.1. The van der Waals surface area contributed by atoms with E-state index in [9.17, 15) is 14.4 Å². The molecule has 0 heterocycles. The minimum absolute atomic E-state index is 0.0897. The van der Waals surface area contributed by atoms with Gasteiger partial charge in [0.1, 0.15) is 13.2 Å². The Bertz CT molecular complexity index is 1400. The minimum Gasteiger partial charge on any atom is -0.462 e. The van der Waals surface area contributed by atoms with E-state index in [0.717, 1.165) is 64.2 Å². The fraction of sp³-hybridized carbons (Fsp3) is 0.853. The third-order valence-corrected chi connectivity index (χ3v) is 16.4. The molecule has 0 amide bonds. The highest BCUT2D eigenvalue weighted by molar-refractivity contribution is 5.71. The zero-order valence-corrected chi connectivity index (χ0v) is 54.6. The molecule has 0 radical (unpaired) electrons. The summed E-state index contributed by atoms with van der Waals surface area (Å²) in [6.45, 7) is 6.54. The van der Waals surface area contributed by atoms with E-state index in [1.807, 2.05) is 6.08 Å². The molecule has 0 aliphatic rings. The molecular formula is C75H138O6. The largest absolute Gasteiger partial charge is 0.462 e. The second-order valence-electron chi connectivity index (χ2n) is 24.5. The van der Waals surface area contributed by atoms with Gasteiger partial charge in [-0.25, -0.2) is 0 Å². The van der Waals surface area contributed by atoms with Crippen molar-refractivity contribution < 1.29 is 28.6 Å². The Labute approximate surface area is 505 Å². The lowest BCUT2D eigenvalue weighted by Gasteiger charge is -2.18. The van der Waals surface area contributed by atoms with E-state index in [-0.39, 0.29) is 37.5 Å². The first-order valence-electron chi connectivity index (χ1n) is 36.1. The van der Waals surface area contributed by atoms with Crippen LogP contribution in [0.2, 0.25) is 0 Å². The molecule has 0 N–H and O–H groups in total. The van der Waals surface area contributed by atoms with E-state index in [4.69, 9.17) is 14.2 Å². The second-order valence-corrected chi connectivity index (χ2v) is 24.5. The van der Waals surface area contributed by atoms with Crippen LogP contribution < -0.4 is 0 Å². The summed E-state index contributed by atoms with van der Waals surface area (Å²) in [6, 6.07) is 0. The number of hydrogen-bond acceptors (Lipinski definition) is 6. The molecular weight excluding hydrogens is 997 g/mol. The van der Waals surface area contributed by atoms with Gasteiger partial charge in [-0.15, -0.1) is 0 Å². The Morgan fingerprint density at radius 1 is 0.259 bits per heavy atom. The first kappa shape index (κ1) is 78.4. The molecule has 0 aromatic carbocycles. The Morgan fingerprint density at radius 2 is 0.481 bits per heavy atom. The van der Waals surface area contributed by atoms with E-state index < -0.39 is 6.10 Å². The molecule has 6 heteroatoms. The highest BCUT2D eigenvalue weighted by Crippen LogP contribution is 2.19. The lowest BCUT2D eigenvalue weighted by Crippen LogP contribution is -2.30. The van der Waals surface area contributed by atoms with Crippen LogP contribution in [0.4, 0.5) is 0 Å². The number of carbonyl (C=O) groups is 3. The standard InChI is InChI=1S/C75H138O6/c1-4-7-10-13-16-19-22-25-27-29-31-33-34-35-36-37-38-39-40-41-42-44-45-47-50-53-56-59-62-65-68-74(77)80-71-72(70-79-73(76)67-64-61-58-55-52-49-24-21-18-15-12-9-6-3)81-75(78)69-66-63-60-57-54-51-48-46-43-32-30-28-26-23-20-17-14-11-8-5-2/h9,12,18,21,49,52,58,61,72H,4-8,10-11,13-17,19-20,22-48,50-51,53-57,59-60,62-71H2,1-3H3/b12-9-,21-18-,52-49-,61-58-. The number of carbonyl (C=O) groups excluding carboxylic acids is 3. The molecule has 0 bridgehead atoms. The van der Waals surface area contributed by atoms with Gasteiger partial charge in [-0.3, -0.25) is 14.4 Å². The molecule has 0 fully saturated rings. The zero-order chi connectivity index (χ0) is 58.5. The van der Waals surface area contributed by atoms with Crippen molar-refractivity contribution in [2.45, 2.75) is 399 Å². The van der Waals surface area contributed by atoms with Crippen LogP contribution in [0, 0.1) is 0 Å². The summed E-state index contributed by atoms with van der Waals surface area (Å²) in [5, 5.41) is 0. The van der Waals surface area contributed by atoms with Gasteiger partial charge in [-0.05, 0) is 44.9 Å². The molecule has 81 heavy (non-hydrogen) atoms. The van der Waals surface area contributed by atoms with Crippen LogP contribution in [-0.2, 0) is 28.6 Å². The summed E-state index contributed by atoms with van der Waals surface area (Å²) in [5.41, 5.74) is 0. The van der Waals surface area contributed by atoms with E-state index in [0.29, 0.717) is 19.3 Å². The van der Waals surface area contributed by atoms with Crippen LogP contribution in [0.25, 0.3) is 0 Å². The van der Waals surface area contributed by atoms with Gasteiger partial charge in [0.2, 0.25) is 0 Å². The average molecular weight is 1140 g/mol. The maximum atomic E-state index is 12.9. The predicted octanol–water partition coefficient (Wildman–Crippen LogP) is 24.9. The van der Waals surface area contributed by atoms with Crippen LogP contribution in [-0.4, -0.2) is 37.2 Å². The summed E-state index contributed by atoms with van der Waals surface area (Å²) in [6.07, 6.45) is 89.0. The summed E-state index contributed by atoms with van der Waals surface area (Å²) in [5.74, 6) is -0.948. The van der Waals surface area contributed by atoms with Crippen molar-refractivity contribution in [2.24, 2.45) is 0 Å². The lowest BCUT2D eigenvalue weighted by atomic mass is 10.0. The molecule has 474 valence electrons. The van der Waals surface area contributed by atoms with Crippen molar-refractivity contribution in [1.82, 2.24) is 0 Å². The quantitative estimate of drug-likeness (QED) is 0.0261. The molecule has 0 saturated heterocycles. The van der Waals surface area contributed by atoms with E-state index in [1.54, 1.807) is 0 Å². The Hall–Kier alpha value is -2.63. The molecule has 1 unspecified atom stereocenters. The maximum absolute atomic E-state index is 12.9. The van der Waals surface area contributed by atoms with E-state index in [2.05, 4.69) is 63.3 Å². The van der Waals surface area contributed by atoms with E-state index in [1.165, 1.54) is 283 Å². The molecule has 0 aliphatic carbocycles. The summed E-state index contributed by atoms with van der Waals surface area (Å²) >= 11 is 0. The molecule has 0 aromatic heterocycles. The fourth-order valence-corrected chi connectivity index (χ4v) is 11.0. The number of esters is 3. The molecule has 0 saturated carbocycles. The number of unbranched alkanes of at least 4 members (excludes halogenated alkanes) is 48. The van der Waals surface area contributed by atoms with Crippen molar-refractivity contribution in [3.8, 4) is 0 Å². The highest BCUT2D eigenvalue weighted by Gasteiger charge is 2.19. The third kappa shape index (κ3) is 68.0. The zero-order valence-electron chi connectivity index (χ0n) is 54.6. The summed E-state index contributed by atoms with van der Waals surface area (Å²) < 4.78 is 16.9. The lowest BCUT2D eigenvalue weighted by molar-refractivity contribution is -0.166. The second kappa shape index (κ2) is 69.9. The van der Waals surface area contributed by atoms with Crippen molar-refractivity contribution >= 4 is 17.9 Å². The molecule has 0 aliphatic heterocycles. The van der Waals surface area contributed by atoms with Gasteiger partial charge in [0.05, 0.1) is 0 Å². The smallest absolute Gasteiger partial charge is 0.306 e. The van der Waals surface area contributed by atoms with Gasteiger partial charge < -0.3 is 14.2 Å². The molecule has 0 spiro atoms. The highest BCUT2D eigenvalue weighted by atomic mass is 16.6. The normalized spacial score (nSPS) is 12.3. The first-order chi connectivity index (χ1) is 40.0. The number of ether oxygens (including phenoxy) is 3. The van der Waals surface area contributed by atoms with Gasteiger partial charge in [0.25, 0.3) is 0 Å². The number of rotatable bonds is 67. The minimum atomic E-state index is -0.800. The van der Waals surface area contributed by atoms with Crippen molar-refractivity contribution in [3.05, 3.63) is 48.6 Å². The molecule has 1 atom stereocenters. The summed E-state index contributed by atoms with van der Waals surface area (Å²) in [7, 11) is 0. The summed E-state index contributed by atoms with van der Waals surface area (Å²) in [4.78, 5) is 38.3. The van der Waals surface area contributed by atoms with Crippen LogP contribution in [0.5, 0.6) is 0 Å². The number of allylic oxidation sites excluding steroid dienone is 8. The van der Waals surface area contributed by atoms with Gasteiger partial charge in [-0.2, -0.15) is 0 Å². The van der Waals surface area contributed by atoms with Crippen molar-refractivity contribution in [1.29, 1.82) is 0 Å². The van der Waals surface area contributed by atoms with Crippen LogP contribution >= 0.6 is 0 Å². The number of hydrogen-bond donors (Lipinski definition) is 0. The van der Waals surface area contributed by atoms with Gasteiger partial charge in [0, 0.05) is 19.3 Å². The Kier molecular flexibility index (Phi) is 67.6. The van der Waals surface area contributed by atoms with E-state index >= 15 is 0 Å². The van der Waals surface area contributed by atoms with Gasteiger partial charge in [-0.1, -0.05) is 378 Å². The fourth-order valence-electron chi connectivity index (χ4n) is 11.0. The van der Waals surface area contributed by atoms with Crippen molar-refractivity contribution in [3.63, 3.8) is 0 Å².